The zero-order valence-corrected chi connectivity index (χ0v) is 24.3. The minimum absolute atomic E-state index is 0.501. The first-order chi connectivity index (χ1) is 20.2. The van der Waals surface area contributed by atoms with E-state index in [1.807, 2.05) is 79.7 Å². The molecular weight excluding hydrogens is 571 g/mol. The molecule has 1 saturated heterocycles. The van der Waals surface area contributed by atoms with E-state index in [4.69, 9.17) is 27.9 Å². The van der Waals surface area contributed by atoms with Crippen molar-refractivity contribution in [1.82, 2.24) is 4.90 Å². The van der Waals surface area contributed by atoms with Crippen LogP contribution in [0.15, 0.2) is 97.1 Å². The van der Waals surface area contributed by atoms with Gasteiger partial charge in [-0.3, -0.25) is 19.3 Å². The number of imide groups is 1. The highest BCUT2D eigenvalue weighted by molar-refractivity contribution is 6.36. The van der Waals surface area contributed by atoms with Crippen molar-refractivity contribution in [2.45, 2.75) is 29.6 Å². The molecule has 0 saturated carbocycles. The van der Waals surface area contributed by atoms with E-state index in [2.05, 4.69) is 5.32 Å². The highest BCUT2D eigenvalue weighted by atomic mass is 35.5. The van der Waals surface area contributed by atoms with Crippen molar-refractivity contribution in [2.24, 2.45) is 11.8 Å². The number of alkyl halides is 2. The number of carbonyl (C=O) groups is 3. The van der Waals surface area contributed by atoms with Gasteiger partial charge >= 0.3 is 0 Å². The fourth-order valence-electron chi connectivity index (χ4n) is 6.78. The summed E-state index contributed by atoms with van der Waals surface area (Å²) in [6.07, 6.45) is 0. The molecule has 1 N–H and O–H groups in total. The van der Waals surface area contributed by atoms with Crippen molar-refractivity contribution < 1.29 is 19.1 Å². The average Bonchev–Trinajstić information content (AvgIpc) is 3.28. The van der Waals surface area contributed by atoms with Crippen molar-refractivity contribution in [1.29, 1.82) is 0 Å². The quantitative estimate of drug-likeness (QED) is 0.205. The van der Waals surface area contributed by atoms with Crippen LogP contribution in [0.3, 0.4) is 0 Å². The number of likely N-dealkylation sites (tertiary alicyclic amines) is 1. The van der Waals surface area contributed by atoms with Crippen LogP contribution >= 0.6 is 23.2 Å². The van der Waals surface area contributed by atoms with Gasteiger partial charge in [-0.25, -0.2) is 0 Å². The Morgan fingerprint density at radius 1 is 0.738 bits per heavy atom. The van der Waals surface area contributed by atoms with Crippen molar-refractivity contribution in [3.8, 4) is 11.5 Å². The second kappa shape index (κ2) is 9.45. The highest BCUT2D eigenvalue weighted by Crippen LogP contribution is 2.69. The van der Waals surface area contributed by atoms with E-state index in [9.17, 15) is 14.4 Å². The lowest BCUT2D eigenvalue weighted by atomic mass is 9.54. The molecule has 0 spiro atoms. The number of amides is 3. The van der Waals surface area contributed by atoms with Gasteiger partial charge in [0.2, 0.25) is 17.7 Å². The number of carbonyl (C=O) groups excluding carboxylic acids is 3. The summed E-state index contributed by atoms with van der Waals surface area (Å²) in [5, 5.41) is 2.82. The number of benzene rings is 4. The Bertz CT molecular complexity index is 1650. The van der Waals surface area contributed by atoms with Crippen LogP contribution in [0.2, 0.25) is 0 Å². The molecule has 4 aromatic rings. The standard InChI is InChI=1S/C34H26Cl2N2O4/c1-19-11-15-22(16-12-19)42-23-17-13-21(14-18-23)37-30(39)20(2)38-31(40)28-29(32(38)41)34(36)25-8-4-3-7-24(25)33(28,35)26-9-5-6-10-27(26)34/h3-18,20,28-29H,1-2H3,(H,37,39)/t20-,28+,29+,33?,34?/m0/s1. The lowest BCUT2D eigenvalue weighted by Gasteiger charge is -2.54. The maximum atomic E-state index is 14.1. The van der Waals surface area contributed by atoms with Crippen LogP contribution in [0.4, 0.5) is 5.69 Å². The first kappa shape index (κ1) is 26.7. The number of hydrogen-bond acceptors (Lipinski definition) is 4. The molecule has 1 fully saturated rings. The number of ether oxygens (including phenoxy) is 1. The number of nitrogens with zero attached hydrogens (tertiary/aromatic N) is 1. The molecule has 6 nitrogen and oxygen atoms in total. The first-order valence-electron chi connectivity index (χ1n) is 13.8. The van der Waals surface area contributed by atoms with Gasteiger partial charge in [0.05, 0.1) is 11.8 Å². The monoisotopic (exact) mass is 596 g/mol. The third-order valence-corrected chi connectivity index (χ3v) is 10.0. The molecule has 4 aromatic carbocycles. The molecule has 3 atom stereocenters. The van der Waals surface area contributed by atoms with Gasteiger partial charge < -0.3 is 10.1 Å². The third kappa shape index (κ3) is 3.61. The summed E-state index contributed by atoms with van der Waals surface area (Å²) >= 11 is 14.9. The molecule has 0 unspecified atom stereocenters. The van der Waals surface area contributed by atoms with E-state index in [-0.39, 0.29) is 0 Å². The lowest BCUT2D eigenvalue weighted by molar-refractivity contribution is -0.146. The van der Waals surface area contributed by atoms with Crippen LogP contribution < -0.4 is 10.1 Å². The maximum Gasteiger partial charge on any atom is 0.247 e. The number of rotatable bonds is 5. The van der Waals surface area contributed by atoms with E-state index in [1.54, 1.807) is 31.2 Å². The smallest absolute Gasteiger partial charge is 0.247 e. The SMILES string of the molecule is Cc1ccc(Oc2ccc(NC(=O)[C@H](C)N3C(=O)[C@H]4[C@H](C3=O)C3(Cl)c5ccccc5C4(Cl)c4ccccc43)cc2)cc1. The number of aryl methyl sites for hydroxylation is 1. The molecule has 1 aliphatic heterocycles. The van der Waals surface area contributed by atoms with Gasteiger partial charge in [0.25, 0.3) is 0 Å². The van der Waals surface area contributed by atoms with E-state index >= 15 is 0 Å². The second-order valence-electron chi connectivity index (χ2n) is 11.1. The largest absolute Gasteiger partial charge is 0.457 e. The summed E-state index contributed by atoms with van der Waals surface area (Å²) in [4.78, 5) is 40.1. The van der Waals surface area contributed by atoms with Crippen molar-refractivity contribution in [3.05, 3.63) is 125 Å². The third-order valence-electron chi connectivity index (χ3n) is 8.76. The van der Waals surface area contributed by atoms with E-state index in [0.29, 0.717) is 17.2 Å². The fourth-order valence-corrected chi connectivity index (χ4v) is 7.88. The van der Waals surface area contributed by atoms with Gasteiger partial charge in [0.1, 0.15) is 27.3 Å². The highest BCUT2D eigenvalue weighted by Gasteiger charge is 2.73. The van der Waals surface area contributed by atoms with Crippen LogP contribution in [0, 0.1) is 18.8 Å². The summed E-state index contributed by atoms with van der Waals surface area (Å²) in [5.41, 5.74) is 4.50. The topological polar surface area (TPSA) is 75.7 Å². The van der Waals surface area contributed by atoms with Crippen molar-refractivity contribution in [2.75, 3.05) is 5.32 Å². The molecule has 0 aromatic heterocycles. The van der Waals surface area contributed by atoms with Gasteiger partial charge in [-0.05, 0) is 72.5 Å². The van der Waals surface area contributed by atoms with E-state index in [0.717, 1.165) is 32.7 Å². The minimum atomic E-state index is -1.29. The Morgan fingerprint density at radius 2 is 1.14 bits per heavy atom. The Morgan fingerprint density at radius 3 is 1.57 bits per heavy atom. The van der Waals surface area contributed by atoms with Crippen LogP contribution in [0.1, 0.15) is 34.7 Å². The van der Waals surface area contributed by atoms with Crippen molar-refractivity contribution >= 4 is 46.6 Å². The van der Waals surface area contributed by atoms with Crippen LogP contribution in [0.5, 0.6) is 11.5 Å². The zero-order chi connectivity index (χ0) is 29.4. The molecule has 42 heavy (non-hydrogen) atoms. The number of anilines is 1. The molecule has 8 heteroatoms. The van der Waals surface area contributed by atoms with Gasteiger partial charge in [-0.2, -0.15) is 0 Å². The average molecular weight is 597 g/mol. The molecule has 3 aliphatic carbocycles. The van der Waals surface area contributed by atoms with Crippen LogP contribution in [-0.2, 0) is 24.1 Å². The number of nitrogens with one attached hydrogen (secondary N) is 1. The Hall–Kier alpha value is -4.13. The molecule has 2 bridgehead atoms. The lowest BCUT2D eigenvalue weighted by Crippen LogP contribution is -2.57. The fraction of sp³-hybridized carbons (Fsp3) is 0.206. The molecule has 210 valence electrons. The Labute approximate surface area is 253 Å². The van der Waals surface area contributed by atoms with Gasteiger partial charge in [0, 0.05) is 5.69 Å². The minimum Gasteiger partial charge on any atom is -0.457 e. The molecule has 4 aliphatic rings. The van der Waals surface area contributed by atoms with Crippen LogP contribution in [0.25, 0.3) is 0 Å². The predicted molar refractivity (Wildman–Crippen MR) is 161 cm³/mol. The van der Waals surface area contributed by atoms with Gasteiger partial charge in [-0.1, -0.05) is 66.2 Å². The summed E-state index contributed by atoms with van der Waals surface area (Å²) in [6.45, 7) is 3.55. The molecule has 1 heterocycles. The second-order valence-corrected chi connectivity index (χ2v) is 12.3. The summed E-state index contributed by atoms with van der Waals surface area (Å²) in [7, 11) is 0. The first-order valence-corrected chi connectivity index (χ1v) is 14.5. The molecule has 3 amide bonds. The summed E-state index contributed by atoms with van der Waals surface area (Å²) in [6, 6.07) is 28.4. The molecule has 8 rings (SSSR count). The maximum absolute atomic E-state index is 14.1. The zero-order valence-electron chi connectivity index (χ0n) is 22.8. The van der Waals surface area contributed by atoms with Crippen LogP contribution in [-0.4, -0.2) is 28.7 Å². The number of hydrogen-bond donors (Lipinski definition) is 1. The summed E-state index contributed by atoms with van der Waals surface area (Å²) in [5.74, 6) is -2.11. The van der Waals surface area contributed by atoms with Gasteiger partial charge in [0.15, 0.2) is 0 Å². The van der Waals surface area contributed by atoms with E-state index in [1.165, 1.54) is 0 Å². The van der Waals surface area contributed by atoms with Crippen molar-refractivity contribution in [3.63, 3.8) is 0 Å². The van der Waals surface area contributed by atoms with Gasteiger partial charge in [-0.15, -0.1) is 23.2 Å². The molecular formula is C34H26Cl2N2O4. The normalized spacial score (nSPS) is 25.9. The van der Waals surface area contributed by atoms with E-state index < -0.39 is 45.3 Å². The Kier molecular flexibility index (Phi) is 6.02. The molecule has 0 radical (unpaired) electrons. The Balaban J connectivity index is 1.16. The summed E-state index contributed by atoms with van der Waals surface area (Å²) < 4.78 is 5.87. The number of halogens is 2. The predicted octanol–water partition coefficient (Wildman–Crippen LogP) is 6.71.